The Labute approximate surface area is 143 Å². The second-order valence-corrected chi connectivity index (χ2v) is 8.30. The molecule has 0 fully saturated rings. The second-order valence-electron chi connectivity index (χ2n) is 6.22. The van der Waals surface area contributed by atoms with Gasteiger partial charge in [0.05, 0.1) is 18.0 Å². The van der Waals surface area contributed by atoms with Crippen molar-refractivity contribution in [2.24, 2.45) is 0 Å². The van der Waals surface area contributed by atoms with Gasteiger partial charge in [0.15, 0.2) is 5.89 Å². The molecule has 0 N–H and O–H groups in total. The molecule has 5 nitrogen and oxygen atoms in total. The van der Waals surface area contributed by atoms with Gasteiger partial charge in [0, 0.05) is 19.4 Å². The lowest BCUT2D eigenvalue weighted by molar-refractivity contribution is 0.356. The van der Waals surface area contributed by atoms with Crippen molar-refractivity contribution < 1.29 is 12.8 Å². The van der Waals surface area contributed by atoms with E-state index >= 15 is 0 Å². The first-order valence-corrected chi connectivity index (χ1v) is 10.2. The highest BCUT2D eigenvalue weighted by molar-refractivity contribution is 7.89. The number of benzene rings is 1. The largest absolute Gasteiger partial charge is 0.445 e. The van der Waals surface area contributed by atoms with Crippen LogP contribution in [0.5, 0.6) is 0 Å². The molecule has 0 saturated carbocycles. The minimum atomic E-state index is -3.18. The van der Waals surface area contributed by atoms with Gasteiger partial charge in [-0.05, 0) is 18.4 Å². The number of sulfonamides is 1. The van der Waals surface area contributed by atoms with E-state index in [4.69, 9.17) is 4.42 Å². The Hall–Kier alpha value is -1.66. The summed E-state index contributed by atoms with van der Waals surface area (Å²) in [5.74, 6) is 1.77. The number of hydrogen-bond donors (Lipinski definition) is 0. The lowest BCUT2D eigenvalue weighted by Crippen LogP contribution is -2.37. The zero-order valence-corrected chi connectivity index (χ0v) is 14.9. The van der Waals surface area contributed by atoms with Crippen LogP contribution >= 0.6 is 0 Å². The Bertz CT molecular complexity index is 769. The molecule has 2 heterocycles. The van der Waals surface area contributed by atoms with Crippen LogP contribution in [0.1, 0.15) is 42.7 Å². The zero-order valence-electron chi connectivity index (χ0n) is 14.1. The van der Waals surface area contributed by atoms with Gasteiger partial charge < -0.3 is 4.42 Å². The fourth-order valence-corrected chi connectivity index (χ4v) is 4.52. The standard InChI is InChI=1S/C18H24N2O3S/c1-2-3-13-24(21,22)20-12-11-17-16(14-20)19-18(23-17)10-9-15-7-5-4-6-8-15/h4-8H,2-3,9-14H2,1H3. The van der Waals surface area contributed by atoms with E-state index in [1.54, 1.807) is 4.31 Å². The first-order valence-electron chi connectivity index (χ1n) is 8.57. The van der Waals surface area contributed by atoms with Crippen LogP contribution in [0.15, 0.2) is 34.7 Å². The summed E-state index contributed by atoms with van der Waals surface area (Å²) >= 11 is 0. The molecule has 1 aliphatic heterocycles. The van der Waals surface area contributed by atoms with Crippen molar-refractivity contribution in [1.82, 2.24) is 9.29 Å². The molecule has 1 aliphatic rings. The molecule has 2 aromatic rings. The van der Waals surface area contributed by atoms with E-state index in [0.717, 1.165) is 30.7 Å². The number of nitrogens with zero attached hydrogens (tertiary/aromatic N) is 2. The van der Waals surface area contributed by atoms with Crippen molar-refractivity contribution in [2.45, 2.75) is 45.6 Å². The third kappa shape index (κ3) is 4.05. The molecule has 0 amide bonds. The van der Waals surface area contributed by atoms with Crippen LogP contribution in [0.25, 0.3) is 0 Å². The maximum absolute atomic E-state index is 12.3. The van der Waals surface area contributed by atoms with E-state index in [0.29, 0.717) is 31.8 Å². The number of unbranched alkanes of at least 4 members (excludes halogenated alkanes) is 1. The van der Waals surface area contributed by atoms with Crippen LogP contribution in [0.3, 0.4) is 0 Å². The lowest BCUT2D eigenvalue weighted by atomic mass is 10.1. The molecule has 0 saturated heterocycles. The van der Waals surface area contributed by atoms with Crippen LogP contribution in [0.4, 0.5) is 0 Å². The molecule has 0 spiro atoms. The van der Waals surface area contributed by atoms with Gasteiger partial charge in [-0.15, -0.1) is 0 Å². The molecular formula is C18H24N2O3S. The molecule has 0 atom stereocenters. The summed E-state index contributed by atoms with van der Waals surface area (Å²) in [6.45, 7) is 2.84. The van der Waals surface area contributed by atoms with Crippen molar-refractivity contribution in [3.8, 4) is 0 Å². The van der Waals surface area contributed by atoms with E-state index in [-0.39, 0.29) is 5.75 Å². The molecule has 1 aromatic heterocycles. The number of aryl methyl sites for hydroxylation is 2. The fraction of sp³-hybridized carbons (Fsp3) is 0.500. The highest BCUT2D eigenvalue weighted by Gasteiger charge is 2.29. The molecule has 1 aromatic carbocycles. The quantitative estimate of drug-likeness (QED) is 0.772. The first kappa shape index (κ1) is 17.2. The Morgan fingerprint density at radius 2 is 2.00 bits per heavy atom. The number of rotatable bonds is 7. The summed E-state index contributed by atoms with van der Waals surface area (Å²) in [5, 5.41) is 0. The summed E-state index contributed by atoms with van der Waals surface area (Å²) in [6, 6.07) is 10.2. The van der Waals surface area contributed by atoms with Gasteiger partial charge in [-0.1, -0.05) is 43.7 Å². The maximum Gasteiger partial charge on any atom is 0.214 e. The molecule has 0 aliphatic carbocycles. The Morgan fingerprint density at radius 3 is 2.75 bits per heavy atom. The van der Waals surface area contributed by atoms with E-state index in [9.17, 15) is 8.42 Å². The second kappa shape index (κ2) is 7.49. The van der Waals surface area contributed by atoms with Crippen LogP contribution < -0.4 is 0 Å². The van der Waals surface area contributed by atoms with Gasteiger partial charge in [0.1, 0.15) is 5.76 Å². The summed E-state index contributed by atoms with van der Waals surface area (Å²) in [4.78, 5) is 4.54. The summed E-state index contributed by atoms with van der Waals surface area (Å²) in [7, 11) is -3.18. The normalized spacial score (nSPS) is 15.4. The van der Waals surface area contributed by atoms with Crippen molar-refractivity contribution in [3.05, 3.63) is 53.2 Å². The SMILES string of the molecule is CCCCS(=O)(=O)N1CCc2oc(CCc3ccccc3)nc2C1. The highest BCUT2D eigenvalue weighted by Crippen LogP contribution is 2.23. The average molecular weight is 348 g/mol. The molecule has 130 valence electrons. The van der Waals surface area contributed by atoms with Crippen molar-refractivity contribution in [2.75, 3.05) is 12.3 Å². The van der Waals surface area contributed by atoms with Gasteiger partial charge in [-0.3, -0.25) is 0 Å². The van der Waals surface area contributed by atoms with Gasteiger partial charge in [-0.25, -0.2) is 13.4 Å². The van der Waals surface area contributed by atoms with E-state index in [2.05, 4.69) is 17.1 Å². The first-order chi connectivity index (χ1) is 11.6. The number of aromatic nitrogens is 1. The molecule has 3 rings (SSSR count). The maximum atomic E-state index is 12.3. The van der Waals surface area contributed by atoms with Crippen LogP contribution in [-0.4, -0.2) is 30.0 Å². The van der Waals surface area contributed by atoms with Crippen molar-refractivity contribution in [3.63, 3.8) is 0 Å². The molecule has 0 unspecified atom stereocenters. The van der Waals surface area contributed by atoms with Gasteiger partial charge in [0.2, 0.25) is 10.0 Å². The Kier molecular flexibility index (Phi) is 5.36. The third-order valence-corrected chi connectivity index (χ3v) is 6.26. The summed E-state index contributed by atoms with van der Waals surface area (Å²) in [6.07, 6.45) is 3.80. The minimum Gasteiger partial charge on any atom is -0.445 e. The van der Waals surface area contributed by atoms with Crippen LogP contribution in [-0.2, 0) is 35.8 Å². The summed E-state index contributed by atoms with van der Waals surface area (Å²) < 4.78 is 32.1. The zero-order chi connectivity index (χ0) is 17.0. The average Bonchev–Trinajstić information content (AvgIpc) is 3.01. The predicted octanol–water partition coefficient (Wildman–Crippen LogP) is 2.95. The fourth-order valence-electron chi connectivity index (χ4n) is 2.92. The number of fused-ring (bicyclic) bond motifs is 1. The van der Waals surface area contributed by atoms with E-state index in [1.165, 1.54) is 5.56 Å². The minimum absolute atomic E-state index is 0.220. The monoisotopic (exact) mass is 348 g/mol. The third-order valence-electron chi connectivity index (χ3n) is 4.36. The van der Waals surface area contributed by atoms with E-state index < -0.39 is 10.0 Å². The number of hydrogen-bond acceptors (Lipinski definition) is 4. The van der Waals surface area contributed by atoms with Crippen LogP contribution in [0.2, 0.25) is 0 Å². The summed E-state index contributed by atoms with van der Waals surface area (Å²) in [5.41, 5.74) is 2.03. The van der Waals surface area contributed by atoms with Crippen molar-refractivity contribution >= 4 is 10.0 Å². The van der Waals surface area contributed by atoms with Gasteiger partial charge >= 0.3 is 0 Å². The molecule has 0 bridgehead atoms. The predicted molar refractivity (Wildman–Crippen MR) is 93.2 cm³/mol. The smallest absolute Gasteiger partial charge is 0.214 e. The van der Waals surface area contributed by atoms with Gasteiger partial charge in [-0.2, -0.15) is 4.31 Å². The highest BCUT2D eigenvalue weighted by atomic mass is 32.2. The molecule has 24 heavy (non-hydrogen) atoms. The molecular weight excluding hydrogens is 324 g/mol. The lowest BCUT2D eigenvalue weighted by Gasteiger charge is -2.24. The molecule has 6 heteroatoms. The topological polar surface area (TPSA) is 63.4 Å². The van der Waals surface area contributed by atoms with Crippen LogP contribution in [0, 0.1) is 0 Å². The Morgan fingerprint density at radius 1 is 1.21 bits per heavy atom. The van der Waals surface area contributed by atoms with E-state index in [1.807, 2.05) is 25.1 Å². The Balaban J connectivity index is 1.64. The van der Waals surface area contributed by atoms with Crippen molar-refractivity contribution in [1.29, 1.82) is 0 Å². The van der Waals surface area contributed by atoms with Gasteiger partial charge in [0.25, 0.3) is 0 Å². The number of oxazole rings is 1. The molecule has 0 radical (unpaired) electrons.